The van der Waals surface area contributed by atoms with Gasteiger partial charge in [-0.3, -0.25) is 0 Å². The third-order valence-electron chi connectivity index (χ3n) is 2.29. The van der Waals surface area contributed by atoms with Crippen LogP contribution in [0.4, 0.5) is 0 Å². The van der Waals surface area contributed by atoms with Crippen LogP contribution < -0.4 is 0 Å². The molecule has 2 nitrogen and oxygen atoms in total. The molecule has 1 aliphatic rings. The van der Waals surface area contributed by atoms with E-state index in [-0.39, 0.29) is 6.61 Å². The van der Waals surface area contributed by atoms with E-state index in [0.29, 0.717) is 6.10 Å². The molecule has 0 aliphatic heterocycles. The van der Waals surface area contributed by atoms with Crippen LogP contribution in [0.3, 0.4) is 0 Å². The second kappa shape index (κ2) is 9.20. The SMILES string of the molecule is CC1CCCC(OCC=O)C1.CCC. The van der Waals surface area contributed by atoms with Crippen molar-refractivity contribution in [3.8, 4) is 0 Å². The van der Waals surface area contributed by atoms with Gasteiger partial charge >= 0.3 is 0 Å². The van der Waals surface area contributed by atoms with Gasteiger partial charge in [-0.25, -0.2) is 0 Å². The minimum Gasteiger partial charge on any atom is -0.371 e. The first-order valence-corrected chi connectivity index (χ1v) is 5.79. The van der Waals surface area contributed by atoms with Crippen molar-refractivity contribution in [3.63, 3.8) is 0 Å². The molecule has 0 spiro atoms. The van der Waals surface area contributed by atoms with Crippen molar-refractivity contribution in [2.45, 2.75) is 59.0 Å². The second-order valence-corrected chi connectivity index (χ2v) is 4.10. The molecule has 2 atom stereocenters. The zero-order chi connectivity index (χ0) is 10.8. The maximum absolute atomic E-state index is 10.0. The standard InChI is InChI=1S/C9H16O2.C3H8/c1-8-3-2-4-9(7-8)11-6-5-10;1-3-2/h5,8-9H,2-4,6-7H2,1H3;3H2,1-2H3. The highest BCUT2D eigenvalue weighted by Crippen LogP contribution is 2.25. The Hall–Kier alpha value is -0.370. The van der Waals surface area contributed by atoms with Crippen molar-refractivity contribution in [2.75, 3.05) is 6.61 Å². The van der Waals surface area contributed by atoms with Gasteiger partial charge in [-0.15, -0.1) is 0 Å². The van der Waals surface area contributed by atoms with Crippen molar-refractivity contribution in [1.82, 2.24) is 0 Å². The molecule has 1 fully saturated rings. The van der Waals surface area contributed by atoms with E-state index in [1.165, 1.54) is 19.3 Å². The lowest BCUT2D eigenvalue weighted by molar-refractivity contribution is -0.114. The number of hydrogen-bond acceptors (Lipinski definition) is 2. The zero-order valence-electron chi connectivity index (χ0n) is 9.79. The molecule has 1 saturated carbocycles. The Bertz CT molecular complexity index is 134. The van der Waals surface area contributed by atoms with Crippen LogP contribution in [0.15, 0.2) is 0 Å². The third-order valence-corrected chi connectivity index (χ3v) is 2.29. The van der Waals surface area contributed by atoms with Gasteiger partial charge in [-0.05, 0) is 18.8 Å². The van der Waals surface area contributed by atoms with Crippen LogP contribution >= 0.6 is 0 Å². The first-order valence-electron chi connectivity index (χ1n) is 5.79. The summed E-state index contributed by atoms with van der Waals surface area (Å²) in [5, 5.41) is 0. The Morgan fingerprint density at radius 3 is 2.50 bits per heavy atom. The van der Waals surface area contributed by atoms with Crippen LogP contribution in [0, 0.1) is 5.92 Å². The highest BCUT2D eigenvalue weighted by molar-refractivity contribution is 5.50. The van der Waals surface area contributed by atoms with E-state index in [4.69, 9.17) is 4.74 Å². The number of ether oxygens (including phenoxy) is 1. The van der Waals surface area contributed by atoms with Gasteiger partial charge in [0.2, 0.25) is 0 Å². The van der Waals surface area contributed by atoms with Crippen molar-refractivity contribution in [1.29, 1.82) is 0 Å². The normalized spacial score (nSPS) is 26.2. The number of hydrogen-bond donors (Lipinski definition) is 0. The highest BCUT2D eigenvalue weighted by Gasteiger charge is 2.18. The van der Waals surface area contributed by atoms with Gasteiger partial charge in [0.05, 0.1) is 6.10 Å². The quantitative estimate of drug-likeness (QED) is 0.654. The summed E-state index contributed by atoms with van der Waals surface area (Å²) in [5.74, 6) is 0.778. The summed E-state index contributed by atoms with van der Waals surface area (Å²) in [6, 6.07) is 0. The Kier molecular flexibility index (Phi) is 8.95. The van der Waals surface area contributed by atoms with E-state index in [1.807, 2.05) is 0 Å². The minimum atomic E-state index is 0.275. The molecule has 0 aromatic heterocycles. The fourth-order valence-electron chi connectivity index (χ4n) is 1.71. The summed E-state index contributed by atoms with van der Waals surface area (Å²) in [5.41, 5.74) is 0. The molecule has 0 aromatic carbocycles. The average molecular weight is 200 g/mol. The summed E-state index contributed by atoms with van der Waals surface area (Å²) in [6.45, 7) is 6.77. The lowest BCUT2D eigenvalue weighted by Crippen LogP contribution is -2.22. The van der Waals surface area contributed by atoms with Gasteiger partial charge in [0.25, 0.3) is 0 Å². The summed E-state index contributed by atoms with van der Waals surface area (Å²) in [7, 11) is 0. The van der Waals surface area contributed by atoms with E-state index >= 15 is 0 Å². The van der Waals surface area contributed by atoms with Crippen molar-refractivity contribution < 1.29 is 9.53 Å². The molecular formula is C12H24O2. The van der Waals surface area contributed by atoms with Crippen LogP contribution in [0.5, 0.6) is 0 Å². The third kappa shape index (κ3) is 7.07. The van der Waals surface area contributed by atoms with Crippen LogP contribution in [0.1, 0.15) is 52.9 Å². The fraction of sp³-hybridized carbons (Fsp3) is 0.917. The molecule has 1 rings (SSSR count). The number of aldehydes is 1. The van der Waals surface area contributed by atoms with Crippen molar-refractivity contribution >= 4 is 6.29 Å². The van der Waals surface area contributed by atoms with E-state index < -0.39 is 0 Å². The molecule has 84 valence electrons. The van der Waals surface area contributed by atoms with E-state index in [0.717, 1.165) is 25.0 Å². The maximum atomic E-state index is 10.0. The van der Waals surface area contributed by atoms with Crippen LogP contribution in [0.2, 0.25) is 0 Å². The molecule has 2 heteroatoms. The maximum Gasteiger partial charge on any atom is 0.145 e. The highest BCUT2D eigenvalue weighted by atomic mass is 16.5. The van der Waals surface area contributed by atoms with E-state index in [1.54, 1.807) is 0 Å². The lowest BCUT2D eigenvalue weighted by Gasteiger charge is -2.25. The molecule has 2 unspecified atom stereocenters. The van der Waals surface area contributed by atoms with Crippen LogP contribution in [-0.2, 0) is 9.53 Å². The second-order valence-electron chi connectivity index (χ2n) is 4.10. The molecule has 0 N–H and O–H groups in total. The molecule has 14 heavy (non-hydrogen) atoms. The fourth-order valence-corrected chi connectivity index (χ4v) is 1.71. The molecule has 0 heterocycles. The topological polar surface area (TPSA) is 26.3 Å². The number of carbonyl (C=O) groups is 1. The lowest BCUT2D eigenvalue weighted by atomic mass is 9.89. The Morgan fingerprint density at radius 2 is 2.00 bits per heavy atom. The van der Waals surface area contributed by atoms with Crippen molar-refractivity contribution in [3.05, 3.63) is 0 Å². The molecule has 1 aliphatic carbocycles. The van der Waals surface area contributed by atoms with Gasteiger partial charge in [0.15, 0.2) is 0 Å². The summed E-state index contributed by atoms with van der Waals surface area (Å²) < 4.78 is 5.33. The molecule has 0 radical (unpaired) electrons. The molecule has 0 aromatic rings. The summed E-state index contributed by atoms with van der Waals surface area (Å²) >= 11 is 0. The molecule has 0 saturated heterocycles. The van der Waals surface area contributed by atoms with E-state index in [9.17, 15) is 4.79 Å². The largest absolute Gasteiger partial charge is 0.371 e. The van der Waals surface area contributed by atoms with E-state index in [2.05, 4.69) is 20.8 Å². The van der Waals surface area contributed by atoms with Crippen LogP contribution in [0.25, 0.3) is 0 Å². The number of carbonyl (C=O) groups excluding carboxylic acids is 1. The molecular weight excluding hydrogens is 176 g/mol. The van der Waals surface area contributed by atoms with Gasteiger partial charge in [-0.2, -0.15) is 0 Å². The molecule has 0 bridgehead atoms. The van der Waals surface area contributed by atoms with Gasteiger partial charge < -0.3 is 9.53 Å². The smallest absolute Gasteiger partial charge is 0.145 e. The summed E-state index contributed by atoms with van der Waals surface area (Å²) in [4.78, 5) is 10.0. The first kappa shape index (κ1) is 13.6. The Labute approximate surface area is 88.0 Å². The predicted octanol–water partition coefficient (Wildman–Crippen LogP) is 3.20. The zero-order valence-corrected chi connectivity index (χ0v) is 9.79. The van der Waals surface area contributed by atoms with Crippen molar-refractivity contribution in [2.24, 2.45) is 5.92 Å². The number of rotatable bonds is 3. The van der Waals surface area contributed by atoms with Gasteiger partial charge in [-0.1, -0.05) is 40.0 Å². The minimum absolute atomic E-state index is 0.275. The van der Waals surface area contributed by atoms with Gasteiger partial charge in [0.1, 0.15) is 12.9 Å². The Morgan fingerprint density at radius 1 is 1.36 bits per heavy atom. The first-order chi connectivity index (χ1) is 6.74. The monoisotopic (exact) mass is 200 g/mol. The molecule has 0 amide bonds. The van der Waals surface area contributed by atoms with Crippen LogP contribution in [-0.4, -0.2) is 19.0 Å². The predicted molar refractivity (Wildman–Crippen MR) is 59.4 cm³/mol. The summed E-state index contributed by atoms with van der Waals surface area (Å²) in [6.07, 6.45) is 7.28. The van der Waals surface area contributed by atoms with Gasteiger partial charge in [0, 0.05) is 0 Å². The average Bonchev–Trinajstić information content (AvgIpc) is 2.16. The Balaban J connectivity index is 0.000000500.